The summed E-state index contributed by atoms with van der Waals surface area (Å²) in [7, 11) is 0. The van der Waals surface area contributed by atoms with Gasteiger partial charge >= 0.3 is 0 Å². The number of carbonyl (C=O) groups is 1. The molecular weight excluding hydrogens is 438 g/mol. The maximum Gasteiger partial charge on any atom is 0.243 e. The molecule has 0 bridgehead atoms. The number of nitrogens with zero attached hydrogens (tertiary/aromatic N) is 3. The Hall–Kier alpha value is -2.96. The SMILES string of the molecule is C[C@@H](C(=O)NCc1ccncc1)n1c(Cc2ccccc2F)nc2cc(Cl)c(Cl)cc21. The summed E-state index contributed by atoms with van der Waals surface area (Å²) in [6, 6.07) is 12.9. The van der Waals surface area contributed by atoms with Crippen LogP contribution in [0.2, 0.25) is 10.0 Å². The van der Waals surface area contributed by atoms with Gasteiger partial charge < -0.3 is 9.88 Å². The monoisotopic (exact) mass is 456 g/mol. The number of carbonyl (C=O) groups excluding carboxylic acids is 1. The van der Waals surface area contributed by atoms with Gasteiger partial charge in [-0.15, -0.1) is 0 Å². The van der Waals surface area contributed by atoms with Crippen molar-refractivity contribution in [3.63, 3.8) is 0 Å². The fourth-order valence-corrected chi connectivity index (χ4v) is 3.78. The maximum absolute atomic E-state index is 14.3. The molecule has 2 heterocycles. The number of aromatic nitrogens is 3. The second-order valence-corrected chi connectivity index (χ2v) is 7.98. The predicted octanol–water partition coefficient (Wildman–Crippen LogP) is 5.35. The molecule has 4 aromatic rings. The fourth-order valence-electron chi connectivity index (χ4n) is 3.46. The minimum absolute atomic E-state index is 0.197. The van der Waals surface area contributed by atoms with E-state index in [9.17, 15) is 9.18 Å². The zero-order chi connectivity index (χ0) is 22.0. The molecule has 158 valence electrons. The van der Waals surface area contributed by atoms with Crippen LogP contribution in [0.5, 0.6) is 0 Å². The number of pyridine rings is 1. The van der Waals surface area contributed by atoms with E-state index in [2.05, 4.69) is 15.3 Å². The van der Waals surface area contributed by atoms with Crippen LogP contribution in [0.1, 0.15) is 29.9 Å². The summed E-state index contributed by atoms with van der Waals surface area (Å²) in [6.45, 7) is 2.14. The zero-order valence-electron chi connectivity index (χ0n) is 16.6. The Morgan fingerprint density at radius 1 is 1.13 bits per heavy atom. The van der Waals surface area contributed by atoms with Crippen LogP contribution in [0.4, 0.5) is 4.39 Å². The normalized spacial score (nSPS) is 12.1. The van der Waals surface area contributed by atoms with Crippen LogP contribution >= 0.6 is 23.2 Å². The second-order valence-electron chi connectivity index (χ2n) is 7.17. The molecular formula is C23H19Cl2FN4O. The van der Waals surface area contributed by atoms with Gasteiger partial charge in [0.05, 0.1) is 21.1 Å². The number of rotatable bonds is 6. The molecule has 1 amide bonds. The van der Waals surface area contributed by atoms with E-state index in [0.717, 1.165) is 5.56 Å². The summed E-state index contributed by atoms with van der Waals surface area (Å²) >= 11 is 12.4. The van der Waals surface area contributed by atoms with E-state index in [4.69, 9.17) is 23.2 Å². The topological polar surface area (TPSA) is 59.8 Å². The third-order valence-corrected chi connectivity index (χ3v) is 5.82. The number of hydrogen-bond donors (Lipinski definition) is 1. The molecule has 0 fully saturated rings. The molecule has 2 aromatic heterocycles. The Morgan fingerprint density at radius 2 is 1.84 bits per heavy atom. The van der Waals surface area contributed by atoms with E-state index in [1.807, 2.05) is 12.1 Å². The summed E-state index contributed by atoms with van der Waals surface area (Å²) < 4.78 is 16.1. The predicted molar refractivity (Wildman–Crippen MR) is 120 cm³/mol. The lowest BCUT2D eigenvalue weighted by Gasteiger charge is -2.18. The molecule has 31 heavy (non-hydrogen) atoms. The Balaban J connectivity index is 1.70. The minimum atomic E-state index is -0.606. The van der Waals surface area contributed by atoms with Crippen LogP contribution in [0.25, 0.3) is 11.0 Å². The van der Waals surface area contributed by atoms with Crippen molar-refractivity contribution in [2.24, 2.45) is 0 Å². The molecule has 0 spiro atoms. The first-order valence-corrected chi connectivity index (χ1v) is 10.5. The highest BCUT2D eigenvalue weighted by Gasteiger charge is 2.23. The molecule has 8 heteroatoms. The van der Waals surface area contributed by atoms with Crippen LogP contribution in [0, 0.1) is 5.82 Å². The van der Waals surface area contributed by atoms with Crippen LogP contribution < -0.4 is 5.32 Å². The number of imidazole rings is 1. The standard InChI is InChI=1S/C23H19Cl2FN4O/c1-14(23(31)28-13-15-6-8-27-9-7-15)30-21-12-18(25)17(24)11-20(21)29-22(30)10-16-4-2-3-5-19(16)26/h2-9,11-12,14H,10,13H2,1H3,(H,28,31)/t14-/m0/s1. The van der Waals surface area contributed by atoms with Crippen molar-refractivity contribution in [3.05, 3.63) is 93.7 Å². The van der Waals surface area contributed by atoms with Gasteiger partial charge in [0.2, 0.25) is 5.91 Å². The molecule has 1 atom stereocenters. The number of halogens is 3. The van der Waals surface area contributed by atoms with E-state index < -0.39 is 6.04 Å². The molecule has 0 saturated carbocycles. The lowest BCUT2D eigenvalue weighted by atomic mass is 10.1. The average Bonchev–Trinajstić information content (AvgIpc) is 3.10. The third kappa shape index (κ3) is 4.55. The molecule has 0 aliphatic rings. The van der Waals surface area contributed by atoms with Gasteiger partial charge in [-0.2, -0.15) is 0 Å². The summed E-state index contributed by atoms with van der Waals surface area (Å²) in [4.78, 5) is 21.6. The van der Waals surface area contributed by atoms with Gasteiger partial charge in [0.1, 0.15) is 17.7 Å². The summed E-state index contributed by atoms with van der Waals surface area (Å²) in [5, 5.41) is 3.66. The molecule has 4 rings (SSSR count). The van der Waals surface area contributed by atoms with Gasteiger partial charge in [-0.3, -0.25) is 9.78 Å². The van der Waals surface area contributed by atoms with Gasteiger partial charge in [-0.1, -0.05) is 41.4 Å². The third-order valence-electron chi connectivity index (χ3n) is 5.09. The molecule has 0 unspecified atom stereocenters. The number of hydrogen-bond acceptors (Lipinski definition) is 3. The number of benzene rings is 2. The first-order valence-electron chi connectivity index (χ1n) is 9.70. The van der Waals surface area contributed by atoms with Crippen LogP contribution in [0.15, 0.2) is 60.9 Å². The number of amides is 1. The van der Waals surface area contributed by atoms with E-state index in [1.54, 1.807) is 54.2 Å². The van der Waals surface area contributed by atoms with Crippen molar-refractivity contribution in [1.82, 2.24) is 19.9 Å². The van der Waals surface area contributed by atoms with Crippen molar-refractivity contribution < 1.29 is 9.18 Å². The second kappa shape index (κ2) is 9.04. The highest BCUT2D eigenvalue weighted by molar-refractivity contribution is 6.42. The first-order chi connectivity index (χ1) is 14.9. The van der Waals surface area contributed by atoms with Crippen LogP contribution in [-0.2, 0) is 17.8 Å². The van der Waals surface area contributed by atoms with Crippen molar-refractivity contribution in [2.45, 2.75) is 25.9 Å². The Kier molecular flexibility index (Phi) is 6.20. The van der Waals surface area contributed by atoms with Crippen molar-refractivity contribution in [1.29, 1.82) is 0 Å². The summed E-state index contributed by atoms with van der Waals surface area (Å²) in [5.41, 5.74) is 2.68. The van der Waals surface area contributed by atoms with E-state index in [-0.39, 0.29) is 18.1 Å². The molecule has 0 radical (unpaired) electrons. The van der Waals surface area contributed by atoms with Crippen LogP contribution in [0.3, 0.4) is 0 Å². The Bertz CT molecular complexity index is 1240. The largest absolute Gasteiger partial charge is 0.350 e. The van der Waals surface area contributed by atoms with Gasteiger partial charge in [-0.05, 0) is 48.4 Å². The van der Waals surface area contributed by atoms with E-state index in [0.29, 0.717) is 39.0 Å². The van der Waals surface area contributed by atoms with Gasteiger partial charge in [0.15, 0.2) is 0 Å². The van der Waals surface area contributed by atoms with Crippen molar-refractivity contribution >= 4 is 40.1 Å². The number of nitrogens with one attached hydrogen (secondary N) is 1. The minimum Gasteiger partial charge on any atom is -0.350 e. The smallest absolute Gasteiger partial charge is 0.243 e. The summed E-state index contributed by atoms with van der Waals surface area (Å²) in [6.07, 6.45) is 3.57. The lowest BCUT2D eigenvalue weighted by Crippen LogP contribution is -2.31. The van der Waals surface area contributed by atoms with Crippen molar-refractivity contribution in [2.75, 3.05) is 0 Å². The molecule has 5 nitrogen and oxygen atoms in total. The molecule has 0 aliphatic heterocycles. The quantitative estimate of drug-likeness (QED) is 0.425. The average molecular weight is 457 g/mol. The Labute approximate surface area is 188 Å². The summed E-state index contributed by atoms with van der Waals surface area (Å²) in [5.74, 6) is 0.0222. The van der Waals surface area contributed by atoms with E-state index in [1.165, 1.54) is 6.07 Å². The molecule has 0 saturated heterocycles. The van der Waals surface area contributed by atoms with E-state index >= 15 is 0 Å². The highest BCUT2D eigenvalue weighted by Crippen LogP contribution is 2.31. The molecule has 2 aromatic carbocycles. The number of fused-ring (bicyclic) bond motifs is 1. The molecule has 1 N–H and O–H groups in total. The Morgan fingerprint density at radius 3 is 2.58 bits per heavy atom. The molecule has 0 aliphatic carbocycles. The maximum atomic E-state index is 14.3. The highest BCUT2D eigenvalue weighted by atomic mass is 35.5. The lowest BCUT2D eigenvalue weighted by molar-refractivity contribution is -0.124. The van der Waals surface area contributed by atoms with Gasteiger partial charge in [-0.25, -0.2) is 9.37 Å². The zero-order valence-corrected chi connectivity index (χ0v) is 18.2. The fraction of sp³-hybridized carbons (Fsp3) is 0.174. The van der Waals surface area contributed by atoms with Crippen molar-refractivity contribution in [3.8, 4) is 0 Å². The van der Waals surface area contributed by atoms with Crippen LogP contribution in [-0.4, -0.2) is 20.4 Å². The van der Waals surface area contributed by atoms with Gasteiger partial charge in [0.25, 0.3) is 0 Å². The van der Waals surface area contributed by atoms with Gasteiger partial charge in [0, 0.05) is 25.4 Å². The first kappa shape index (κ1) is 21.3.